The highest BCUT2D eigenvalue weighted by molar-refractivity contribution is 7.10. The summed E-state index contributed by atoms with van der Waals surface area (Å²) in [7, 11) is 0. The van der Waals surface area contributed by atoms with Crippen LogP contribution in [0.3, 0.4) is 0 Å². The molecule has 0 spiro atoms. The average molecular weight is 226 g/mol. The number of hydrogen-bond donors (Lipinski definition) is 2. The average Bonchev–Trinajstić information content (AvgIpc) is 2.68. The summed E-state index contributed by atoms with van der Waals surface area (Å²) in [6.45, 7) is 3.87. The zero-order chi connectivity index (χ0) is 10.7. The van der Waals surface area contributed by atoms with E-state index in [4.69, 9.17) is 10.6 Å². The van der Waals surface area contributed by atoms with Crippen LogP contribution >= 0.6 is 11.3 Å². The Kier molecular flexibility index (Phi) is 3.75. The van der Waals surface area contributed by atoms with Crippen LogP contribution in [0.1, 0.15) is 29.3 Å². The third-order valence-corrected chi connectivity index (χ3v) is 3.94. The Morgan fingerprint density at radius 1 is 1.67 bits per heavy atom. The minimum Gasteiger partial charge on any atom is -0.381 e. The number of nitrogens with two attached hydrogens (primary N) is 1. The van der Waals surface area contributed by atoms with Crippen LogP contribution in [0.15, 0.2) is 11.4 Å². The molecule has 4 heteroatoms. The van der Waals surface area contributed by atoms with E-state index in [1.54, 1.807) is 11.3 Å². The standard InChI is InChI=1S/C11H18N2OS/c1-8-10(4-6-15-8)11(13-12)9-3-2-5-14-7-9/h4,6,9,11,13H,2-3,5,7,12H2,1H3. The van der Waals surface area contributed by atoms with Crippen molar-refractivity contribution >= 4 is 11.3 Å². The van der Waals surface area contributed by atoms with Crippen molar-refractivity contribution in [2.45, 2.75) is 25.8 Å². The van der Waals surface area contributed by atoms with E-state index >= 15 is 0 Å². The van der Waals surface area contributed by atoms with Crippen LogP contribution < -0.4 is 11.3 Å². The Bertz CT molecular complexity index is 307. The molecule has 0 amide bonds. The number of nitrogens with one attached hydrogen (secondary N) is 1. The minimum atomic E-state index is 0.247. The molecule has 1 aliphatic rings. The molecule has 3 N–H and O–H groups in total. The molecule has 2 unspecified atom stereocenters. The van der Waals surface area contributed by atoms with E-state index in [2.05, 4.69) is 23.8 Å². The molecule has 84 valence electrons. The first-order valence-electron chi connectivity index (χ1n) is 5.41. The third kappa shape index (κ3) is 2.39. The van der Waals surface area contributed by atoms with Gasteiger partial charge in [-0.1, -0.05) is 0 Å². The van der Waals surface area contributed by atoms with Gasteiger partial charge in [-0.2, -0.15) is 0 Å². The van der Waals surface area contributed by atoms with Gasteiger partial charge in [0.2, 0.25) is 0 Å². The van der Waals surface area contributed by atoms with Crippen molar-refractivity contribution < 1.29 is 4.74 Å². The first-order chi connectivity index (χ1) is 7.33. The van der Waals surface area contributed by atoms with Crippen molar-refractivity contribution in [1.82, 2.24) is 5.43 Å². The number of thiophene rings is 1. The molecule has 15 heavy (non-hydrogen) atoms. The highest BCUT2D eigenvalue weighted by Crippen LogP contribution is 2.31. The minimum absolute atomic E-state index is 0.247. The maximum Gasteiger partial charge on any atom is 0.0521 e. The van der Waals surface area contributed by atoms with Gasteiger partial charge in [-0.05, 0) is 36.8 Å². The Balaban J connectivity index is 2.12. The summed E-state index contributed by atoms with van der Waals surface area (Å²) in [6, 6.07) is 2.41. The monoisotopic (exact) mass is 226 g/mol. The van der Waals surface area contributed by atoms with Crippen molar-refractivity contribution in [3.8, 4) is 0 Å². The molecule has 0 aromatic carbocycles. The summed E-state index contributed by atoms with van der Waals surface area (Å²) in [5.74, 6) is 6.17. The lowest BCUT2D eigenvalue weighted by Crippen LogP contribution is -2.37. The van der Waals surface area contributed by atoms with Gasteiger partial charge < -0.3 is 4.74 Å². The van der Waals surface area contributed by atoms with E-state index < -0.39 is 0 Å². The second kappa shape index (κ2) is 5.07. The SMILES string of the molecule is Cc1sccc1C(NN)C1CCCOC1. The fraction of sp³-hybridized carbons (Fsp3) is 0.636. The molecule has 1 fully saturated rings. The van der Waals surface area contributed by atoms with Crippen molar-refractivity contribution in [3.63, 3.8) is 0 Å². The van der Waals surface area contributed by atoms with Crippen LogP contribution in [0.5, 0.6) is 0 Å². The lowest BCUT2D eigenvalue weighted by atomic mass is 9.89. The molecular weight excluding hydrogens is 208 g/mol. The molecular formula is C11H18N2OS. The van der Waals surface area contributed by atoms with E-state index in [1.165, 1.54) is 16.9 Å². The fourth-order valence-corrected chi connectivity index (χ4v) is 2.98. The van der Waals surface area contributed by atoms with Gasteiger partial charge in [-0.25, -0.2) is 0 Å². The van der Waals surface area contributed by atoms with Gasteiger partial charge in [0.25, 0.3) is 0 Å². The van der Waals surface area contributed by atoms with Gasteiger partial charge in [0, 0.05) is 17.4 Å². The molecule has 1 aliphatic heterocycles. The molecule has 2 heterocycles. The predicted molar refractivity (Wildman–Crippen MR) is 62.7 cm³/mol. The second-order valence-electron chi connectivity index (χ2n) is 4.05. The van der Waals surface area contributed by atoms with Crippen LogP contribution in [-0.2, 0) is 4.74 Å². The van der Waals surface area contributed by atoms with Crippen molar-refractivity contribution in [2.24, 2.45) is 11.8 Å². The number of ether oxygens (including phenoxy) is 1. The van der Waals surface area contributed by atoms with Crippen molar-refractivity contribution in [2.75, 3.05) is 13.2 Å². The van der Waals surface area contributed by atoms with Gasteiger partial charge in [0.05, 0.1) is 12.6 Å². The van der Waals surface area contributed by atoms with Crippen LogP contribution in [-0.4, -0.2) is 13.2 Å². The zero-order valence-corrected chi connectivity index (χ0v) is 9.85. The number of rotatable bonds is 3. The quantitative estimate of drug-likeness (QED) is 0.612. The first-order valence-corrected chi connectivity index (χ1v) is 6.28. The fourth-order valence-electron chi connectivity index (χ4n) is 2.23. The smallest absolute Gasteiger partial charge is 0.0521 e. The normalized spacial score (nSPS) is 24.0. The number of aryl methyl sites for hydroxylation is 1. The van der Waals surface area contributed by atoms with Crippen LogP contribution in [0.25, 0.3) is 0 Å². The largest absolute Gasteiger partial charge is 0.381 e. The maximum atomic E-state index is 5.66. The molecule has 1 aromatic rings. The predicted octanol–water partition coefficient (Wildman–Crippen LogP) is 1.99. The topological polar surface area (TPSA) is 47.3 Å². The van der Waals surface area contributed by atoms with E-state index in [9.17, 15) is 0 Å². The summed E-state index contributed by atoms with van der Waals surface area (Å²) >= 11 is 1.78. The van der Waals surface area contributed by atoms with Crippen LogP contribution in [0.4, 0.5) is 0 Å². The molecule has 1 saturated heterocycles. The number of hydrogen-bond acceptors (Lipinski definition) is 4. The van der Waals surface area contributed by atoms with Gasteiger partial charge in [-0.3, -0.25) is 11.3 Å². The summed E-state index contributed by atoms with van der Waals surface area (Å²) in [4.78, 5) is 1.35. The van der Waals surface area contributed by atoms with Gasteiger partial charge in [-0.15, -0.1) is 11.3 Å². The van der Waals surface area contributed by atoms with Crippen molar-refractivity contribution in [3.05, 3.63) is 21.9 Å². The highest BCUT2D eigenvalue weighted by atomic mass is 32.1. The third-order valence-electron chi connectivity index (χ3n) is 3.08. The van der Waals surface area contributed by atoms with E-state index in [1.807, 2.05) is 0 Å². The second-order valence-corrected chi connectivity index (χ2v) is 5.17. The molecule has 2 rings (SSSR count). The maximum absolute atomic E-state index is 5.66. The Hall–Kier alpha value is -0.420. The lowest BCUT2D eigenvalue weighted by Gasteiger charge is -2.29. The van der Waals surface area contributed by atoms with E-state index in [0.29, 0.717) is 5.92 Å². The van der Waals surface area contributed by atoms with Crippen LogP contribution in [0, 0.1) is 12.8 Å². The molecule has 0 saturated carbocycles. The van der Waals surface area contributed by atoms with E-state index in [0.717, 1.165) is 19.6 Å². The van der Waals surface area contributed by atoms with Gasteiger partial charge >= 0.3 is 0 Å². The van der Waals surface area contributed by atoms with E-state index in [-0.39, 0.29) is 6.04 Å². The first kappa shape index (κ1) is 11.1. The Morgan fingerprint density at radius 3 is 3.07 bits per heavy atom. The molecule has 1 aromatic heterocycles. The zero-order valence-electron chi connectivity index (χ0n) is 9.03. The summed E-state index contributed by atoms with van der Waals surface area (Å²) in [5, 5.41) is 2.12. The van der Waals surface area contributed by atoms with Crippen LogP contribution in [0.2, 0.25) is 0 Å². The molecule has 0 bridgehead atoms. The van der Waals surface area contributed by atoms with Gasteiger partial charge in [0.15, 0.2) is 0 Å². The summed E-state index contributed by atoms with van der Waals surface area (Å²) < 4.78 is 5.51. The summed E-state index contributed by atoms with van der Waals surface area (Å²) in [6.07, 6.45) is 2.34. The highest BCUT2D eigenvalue weighted by Gasteiger charge is 2.26. The van der Waals surface area contributed by atoms with Gasteiger partial charge in [0.1, 0.15) is 0 Å². The molecule has 0 aliphatic carbocycles. The Morgan fingerprint density at radius 2 is 2.53 bits per heavy atom. The molecule has 3 nitrogen and oxygen atoms in total. The molecule has 2 atom stereocenters. The Labute approximate surface area is 94.6 Å². The summed E-state index contributed by atoms with van der Waals surface area (Å²) in [5.41, 5.74) is 4.27. The number of hydrazine groups is 1. The lowest BCUT2D eigenvalue weighted by molar-refractivity contribution is 0.0390. The van der Waals surface area contributed by atoms with Crippen molar-refractivity contribution in [1.29, 1.82) is 0 Å². The molecule has 0 radical (unpaired) electrons.